The van der Waals surface area contributed by atoms with Gasteiger partial charge in [0.25, 0.3) is 0 Å². The number of rotatable bonds is 6. The van der Waals surface area contributed by atoms with Crippen molar-refractivity contribution in [3.8, 4) is 0 Å². The molecule has 0 saturated carbocycles. The van der Waals surface area contributed by atoms with Crippen LogP contribution in [-0.2, 0) is 6.42 Å². The monoisotopic (exact) mass is 309 g/mol. The van der Waals surface area contributed by atoms with Crippen LogP contribution in [0.1, 0.15) is 37.7 Å². The zero-order valence-corrected chi connectivity index (χ0v) is 12.7. The Kier molecular flexibility index (Phi) is 6.22. The Bertz CT molecular complexity index is 323. The molecule has 1 aliphatic heterocycles. The fraction of sp³-hybridized carbons (Fsp3) is 0.625. The third-order valence-corrected chi connectivity index (χ3v) is 4.40. The van der Waals surface area contributed by atoms with Crippen LogP contribution in [0.2, 0.25) is 0 Å². The van der Waals surface area contributed by atoms with Crippen LogP contribution in [0.4, 0.5) is 0 Å². The van der Waals surface area contributed by atoms with Gasteiger partial charge in [-0.2, -0.15) is 0 Å². The van der Waals surface area contributed by atoms with Crippen molar-refractivity contribution in [2.75, 3.05) is 18.4 Å². The van der Waals surface area contributed by atoms with E-state index in [9.17, 15) is 0 Å². The summed E-state index contributed by atoms with van der Waals surface area (Å²) in [5.41, 5.74) is 1.48. The Labute approximate surface area is 120 Å². The minimum absolute atomic E-state index is 0.828. The molecule has 0 spiro atoms. The van der Waals surface area contributed by atoms with Crippen LogP contribution in [0.5, 0.6) is 0 Å². The van der Waals surface area contributed by atoms with Gasteiger partial charge in [0.2, 0.25) is 0 Å². The van der Waals surface area contributed by atoms with Gasteiger partial charge in [0.05, 0.1) is 0 Å². The number of hydrogen-bond acceptors (Lipinski definition) is 1. The molecule has 1 heterocycles. The van der Waals surface area contributed by atoms with Gasteiger partial charge in [0, 0.05) is 11.4 Å². The van der Waals surface area contributed by atoms with Gasteiger partial charge in [-0.1, -0.05) is 52.7 Å². The second-order valence-corrected chi connectivity index (χ2v) is 6.05. The molecule has 1 saturated heterocycles. The average Bonchev–Trinajstić information content (AvgIpc) is 2.42. The van der Waals surface area contributed by atoms with E-state index in [2.05, 4.69) is 51.2 Å². The lowest BCUT2D eigenvalue weighted by molar-refractivity contribution is 0.144. The quantitative estimate of drug-likeness (QED) is 0.710. The van der Waals surface area contributed by atoms with E-state index >= 15 is 0 Å². The first-order chi connectivity index (χ1) is 8.90. The maximum absolute atomic E-state index is 3.59. The number of piperidine rings is 1. The molecule has 0 aliphatic carbocycles. The molecular formula is C16H24BrN. The summed E-state index contributed by atoms with van der Waals surface area (Å²) in [6.07, 6.45) is 8.04. The van der Waals surface area contributed by atoms with Crippen molar-refractivity contribution in [1.82, 2.24) is 4.90 Å². The van der Waals surface area contributed by atoms with Gasteiger partial charge >= 0.3 is 0 Å². The summed E-state index contributed by atoms with van der Waals surface area (Å²) in [5.74, 6) is 0. The second kappa shape index (κ2) is 7.96. The van der Waals surface area contributed by atoms with E-state index in [-0.39, 0.29) is 0 Å². The molecule has 1 unspecified atom stereocenters. The molecule has 18 heavy (non-hydrogen) atoms. The molecule has 2 heteroatoms. The van der Waals surface area contributed by atoms with Crippen LogP contribution >= 0.6 is 15.9 Å². The van der Waals surface area contributed by atoms with Crippen molar-refractivity contribution in [3.05, 3.63) is 35.9 Å². The van der Waals surface area contributed by atoms with Gasteiger partial charge in [-0.25, -0.2) is 0 Å². The predicted molar refractivity (Wildman–Crippen MR) is 82.4 cm³/mol. The highest BCUT2D eigenvalue weighted by Gasteiger charge is 2.20. The van der Waals surface area contributed by atoms with E-state index in [1.165, 1.54) is 57.2 Å². The van der Waals surface area contributed by atoms with Crippen LogP contribution in [0, 0.1) is 0 Å². The molecule has 0 bridgehead atoms. The molecule has 100 valence electrons. The molecule has 1 aromatic rings. The number of halogens is 1. The summed E-state index contributed by atoms with van der Waals surface area (Å²) in [4.78, 5) is 2.72. The van der Waals surface area contributed by atoms with E-state index in [0.29, 0.717) is 0 Å². The average molecular weight is 310 g/mol. The third-order valence-electron chi connectivity index (χ3n) is 3.95. The Morgan fingerprint density at radius 1 is 1.17 bits per heavy atom. The first-order valence-corrected chi connectivity index (χ1v) is 8.36. The van der Waals surface area contributed by atoms with Crippen LogP contribution in [0.25, 0.3) is 0 Å². The number of likely N-dealkylation sites (tertiary alicyclic amines) is 1. The lowest BCUT2D eigenvalue weighted by atomic mass is 9.99. The molecule has 2 rings (SSSR count). The van der Waals surface area contributed by atoms with E-state index in [4.69, 9.17) is 0 Å². The molecule has 1 atom stereocenters. The van der Waals surface area contributed by atoms with Gasteiger partial charge < -0.3 is 4.90 Å². The molecule has 0 radical (unpaired) electrons. The van der Waals surface area contributed by atoms with Crippen LogP contribution in [-0.4, -0.2) is 29.4 Å². The largest absolute Gasteiger partial charge is 0.300 e. The Balaban J connectivity index is 1.74. The highest BCUT2D eigenvalue weighted by molar-refractivity contribution is 9.09. The van der Waals surface area contributed by atoms with Crippen molar-refractivity contribution in [1.29, 1.82) is 0 Å². The fourth-order valence-electron chi connectivity index (χ4n) is 2.94. The minimum atomic E-state index is 0.828. The van der Waals surface area contributed by atoms with E-state index in [1.54, 1.807) is 0 Å². The SMILES string of the molecule is BrCCC1CCCCN1CCCc1ccccc1. The fourth-order valence-corrected chi connectivity index (χ4v) is 3.47. The zero-order chi connectivity index (χ0) is 12.6. The lowest BCUT2D eigenvalue weighted by Gasteiger charge is -2.35. The Morgan fingerprint density at radius 2 is 2.00 bits per heavy atom. The predicted octanol–water partition coefficient (Wildman–Crippen LogP) is 4.26. The van der Waals surface area contributed by atoms with Gasteiger partial charge in [0.15, 0.2) is 0 Å². The van der Waals surface area contributed by atoms with Crippen molar-refractivity contribution in [2.45, 2.75) is 44.6 Å². The number of hydrogen-bond donors (Lipinski definition) is 0. The Morgan fingerprint density at radius 3 is 2.78 bits per heavy atom. The van der Waals surface area contributed by atoms with Crippen molar-refractivity contribution in [3.63, 3.8) is 0 Å². The van der Waals surface area contributed by atoms with E-state index in [0.717, 1.165) is 11.4 Å². The first-order valence-electron chi connectivity index (χ1n) is 7.24. The maximum Gasteiger partial charge on any atom is 0.0103 e. The molecule has 0 N–H and O–H groups in total. The topological polar surface area (TPSA) is 3.24 Å². The van der Waals surface area contributed by atoms with Gasteiger partial charge in [0.1, 0.15) is 0 Å². The first kappa shape index (κ1) is 14.1. The number of benzene rings is 1. The molecule has 0 aromatic heterocycles. The van der Waals surface area contributed by atoms with Crippen molar-refractivity contribution in [2.24, 2.45) is 0 Å². The number of alkyl halides is 1. The number of nitrogens with zero attached hydrogens (tertiary/aromatic N) is 1. The molecule has 1 fully saturated rings. The highest BCUT2D eigenvalue weighted by Crippen LogP contribution is 2.20. The van der Waals surface area contributed by atoms with Crippen LogP contribution < -0.4 is 0 Å². The summed E-state index contributed by atoms with van der Waals surface area (Å²) in [6, 6.07) is 11.7. The van der Waals surface area contributed by atoms with Crippen LogP contribution in [0.15, 0.2) is 30.3 Å². The van der Waals surface area contributed by atoms with Crippen molar-refractivity contribution >= 4 is 15.9 Å². The summed E-state index contributed by atoms with van der Waals surface area (Å²) in [7, 11) is 0. The highest BCUT2D eigenvalue weighted by atomic mass is 79.9. The standard InChI is InChI=1S/C16H24BrN/c17-12-11-16-10-4-5-13-18(16)14-6-9-15-7-2-1-3-8-15/h1-3,7-8,16H,4-6,9-14H2. The summed E-state index contributed by atoms with van der Waals surface area (Å²) in [5, 5.41) is 1.15. The molecular weight excluding hydrogens is 286 g/mol. The van der Waals surface area contributed by atoms with Gasteiger partial charge in [-0.15, -0.1) is 0 Å². The zero-order valence-electron chi connectivity index (χ0n) is 11.2. The summed E-state index contributed by atoms with van der Waals surface area (Å²) in [6.45, 7) is 2.58. The smallest absolute Gasteiger partial charge is 0.0103 e. The second-order valence-electron chi connectivity index (χ2n) is 5.25. The van der Waals surface area contributed by atoms with Crippen molar-refractivity contribution < 1.29 is 0 Å². The summed E-state index contributed by atoms with van der Waals surface area (Å²) < 4.78 is 0. The molecule has 1 aromatic carbocycles. The molecule has 1 nitrogen and oxygen atoms in total. The summed E-state index contributed by atoms with van der Waals surface area (Å²) >= 11 is 3.59. The number of aryl methyl sites for hydroxylation is 1. The van der Waals surface area contributed by atoms with E-state index < -0.39 is 0 Å². The van der Waals surface area contributed by atoms with E-state index in [1.807, 2.05) is 0 Å². The molecule has 1 aliphatic rings. The minimum Gasteiger partial charge on any atom is -0.300 e. The molecule has 0 amide bonds. The van der Waals surface area contributed by atoms with Gasteiger partial charge in [-0.3, -0.25) is 0 Å². The maximum atomic E-state index is 3.59. The van der Waals surface area contributed by atoms with Gasteiger partial charge in [-0.05, 0) is 50.8 Å². The lowest BCUT2D eigenvalue weighted by Crippen LogP contribution is -2.40. The third kappa shape index (κ3) is 4.40. The Hall–Kier alpha value is -0.340. The van der Waals surface area contributed by atoms with Crippen LogP contribution in [0.3, 0.4) is 0 Å². The normalized spacial score (nSPS) is 21.1.